The molecule has 0 radical (unpaired) electrons. The SMILES string of the molecule is O=C(O)N[C@@H](CS(=O)(=O)N1CCC(OCC=Cc2ccccc2)CC1)c1ccccc1. The van der Waals surface area contributed by atoms with Crippen LogP contribution in [0.5, 0.6) is 0 Å². The number of hydrogen-bond donors (Lipinski definition) is 2. The van der Waals surface area contributed by atoms with Crippen molar-refractivity contribution in [3.8, 4) is 0 Å². The van der Waals surface area contributed by atoms with Gasteiger partial charge in [0.15, 0.2) is 0 Å². The van der Waals surface area contributed by atoms with E-state index in [0.29, 0.717) is 38.1 Å². The molecule has 1 saturated heterocycles. The number of nitrogens with one attached hydrogen (secondary N) is 1. The van der Waals surface area contributed by atoms with Crippen LogP contribution in [0.1, 0.15) is 30.0 Å². The minimum Gasteiger partial charge on any atom is -0.465 e. The molecule has 0 spiro atoms. The second-order valence-corrected chi connectivity index (χ2v) is 9.45. The lowest BCUT2D eigenvalue weighted by Crippen LogP contribution is -2.44. The Kier molecular flexibility index (Phi) is 8.22. The van der Waals surface area contributed by atoms with E-state index < -0.39 is 22.2 Å². The van der Waals surface area contributed by atoms with Gasteiger partial charge in [0.2, 0.25) is 10.0 Å². The Balaban J connectivity index is 1.50. The first kappa shape index (κ1) is 23.0. The average molecular weight is 445 g/mol. The topological polar surface area (TPSA) is 95.9 Å². The molecule has 0 bridgehead atoms. The fourth-order valence-electron chi connectivity index (χ4n) is 3.59. The van der Waals surface area contributed by atoms with Gasteiger partial charge in [0.1, 0.15) is 0 Å². The van der Waals surface area contributed by atoms with E-state index in [0.717, 1.165) is 5.56 Å². The highest BCUT2D eigenvalue weighted by atomic mass is 32.2. The molecule has 1 heterocycles. The zero-order valence-electron chi connectivity index (χ0n) is 17.3. The van der Waals surface area contributed by atoms with E-state index in [1.165, 1.54) is 4.31 Å². The highest BCUT2D eigenvalue weighted by molar-refractivity contribution is 7.89. The molecule has 1 fully saturated rings. The van der Waals surface area contributed by atoms with Crippen molar-refractivity contribution < 1.29 is 23.1 Å². The molecule has 0 aromatic heterocycles. The zero-order valence-corrected chi connectivity index (χ0v) is 18.1. The summed E-state index contributed by atoms with van der Waals surface area (Å²) in [6.07, 6.45) is 3.94. The molecule has 1 atom stereocenters. The third-order valence-electron chi connectivity index (χ3n) is 5.21. The summed E-state index contributed by atoms with van der Waals surface area (Å²) in [7, 11) is -3.62. The molecule has 166 valence electrons. The Hall–Kier alpha value is -2.68. The number of carboxylic acid groups (broad SMARTS) is 1. The molecule has 3 rings (SSSR count). The van der Waals surface area contributed by atoms with Gasteiger partial charge in [-0.25, -0.2) is 17.5 Å². The first-order valence-electron chi connectivity index (χ1n) is 10.3. The van der Waals surface area contributed by atoms with Gasteiger partial charge in [0.25, 0.3) is 0 Å². The first-order valence-corrected chi connectivity index (χ1v) is 11.9. The van der Waals surface area contributed by atoms with E-state index >= 15 is 0 Å². The van der Waals surface area contributed by atoms with E-state index in [2.05, 4.69) is 5.32 Å². The van der Waals surface area contributed by atoms with Gasteiger partial charge in [-0.2, -0.15) is 0 Å². The lowest BCUT2D eigenvalue weighted by molar-refractivity contribution is 0.0382. The Bertz CT molecular complexity index is 956. The van der Waals surface area contributed by atoms with E-state index in [1.807, 2.05) is 42.5 Å². The summed E-state index contributed by atoms with van der Waals surface area (Å²) in [5.41, 5.74) is 1.73. The van der Waals surface area contributed by atoms with Gasteiger partial charge >= 0.3 is 6.09 Å². The lowest BCUT2D eigenvalue weighted by Gasteiger charge is -2.32. The largest absolute Gasteiger partial charge is 0.465 e. The highest BCUT2D eigenvalue weighted by Gasteiger charge is 2.31. The molecular formula is C23H28N2O5S. The second kappa shape index (κ2) is 11.1. The van der Waals surface area contributed by atoms with Crippen LogP contribution in [0.15, 0.2) is 66.7 Å². The minimum atomic E-state index is -3.62. The van der Waals surface area contributed by atoms with Crippen LogP contribution in [0.4, 0.5) is 4.79 Å². The normalized spacial score (nSPS) is 16.9. The Morgan fingerprint density at radius 2 is 1.71 bits per heavy atom. The van der Waals surface area contributed by atoms with E-state index in [1.54, 1.807) is 30.3 Å². The van der Waals surface area contributed by atoms with Crippen molar-refractivity contribution in [2.45, 2.75) is 25.0 Å². The van der Waals surface area contributed by atoms with Crippen LogP contribution in [0.3, 0.4) is 0 Å². The number of piperidine rings is 1. The highest BCUT2D eigenvalue weighted by Crippen LogP contribution is 2.21. The third-order valence-corrected chi connectivity index (χ3v) is 7.12. The molecule has 31 heavy (non-hydrogen) atoms. The van der Waals surface area contributed by atoms with Crippen molar-refractivity contribution in [2.75, 3.05) is 25.4 Å². The first-order chi connectivity index (χ1) is 14.9. The van der Waals surface area contributed by atoms with Crippen molar-refractivity contribution in [1.82, 2.24) is 9.62 Å². The molecule has 7 nitrogen and oxygen atoms in total. The Morgan fingerprint density at radius 3 is 2.32 bits per heavy atom. The van der Waals surface area contributed by atoms with Crippen LogP contribution in [0.25, 0.3) is 6.08 Å². The van der Waals surface area contributed by atoms with Gasteiger partial charge in [-0.3, -0.25) is 0 Å². The van der Waals surface area contributed by atoms with E-state index in [-0.39, 0.29) is 11.9 Å². The van der Waals surface area contributed by atoms with Crippen LogP contribution in [-0.4, -0.2) is 55.5 Å². The molecule has 1 amide bonds. The summed E-state index contributed by atoms with van der Waals surface area (Å²) in [4.78, 5) is 11.2. The molecule has 1 aliphatic heterocycles. The van der Waals surface area contributed by atoms with Gasteiger partial charge in [-0.15, -0.1) is 0 Å². The summed E-state index contributed by atoms with van der Waals surface area (Å²) in [5.74, 6) is -0.311. The smallest absolute Gasteiger partial charge is 0.405 e. The molecular weight excluding hydrogens is 416 g/mol. The maximum atomic E-state index is 12.9. The molecule has 0 unspecified atom stereocenters. The second-order valence-electron chi connectivity index (χ2n) is 7.44. The van der Waals surface area contributed by atoms with Crippen LogP contribution in [0, 0.1) is 0 Å². The summed E-state index contributed by atoms with van der Waals surface area (Å²) in [6.45, 7) is 1.21. The fraction of sp³-hybridized carbons (Fsp3) is 0.348. The van der Waals surface area contributed by atoms with Crippen LogP contribution in [-0.2, 0) is 14.8 Å². The Morgan fingerprint density at radius 1 is 1.10 bits per heavy atom. The maximum absolute atomic E-state index is 12.9. The Labute approximate surface area is 183 Å². The number of benzene rings is 2. The van der Waals surface area contributed by atoms with Crippen LogP contribution in [0.2, 0.25) is 0 Å². The van der Waals surface area contributed by atoms with Gasteiger partial charge in [0.05, 0.1) is 24.5 Å². The predicted octanol–water partition coefficient (Wildman–Crippen LogP) is 3.52. The average Bonchev–Trinajstić information content (AvgIpc) is 2.77. The summed E-state index contributed by atoms with van der Waals surface area (Å²) >= 11 is 0. The van der Waals surface area contributed by atoms with Crippen LogP contribution < -0.4 is 5.32 Å². The van der Waals surface area contributed by atoms with Crippen molar-refractivity contribution in [3.63, 3.8) is 0 Å². The van der Waals surface area contributed by atoms with Crippen molar-refractivity contribution in [2.24, 2.45) is 0 Å². The minimum absolute atomic E-state index is 0.00828. The molecule has 1 aliphatic rings. The van der Waals surface area contributed by atoms with E-state index in [9.17, 15) is 13.2 Å². The third kappa shape index (κ3) is 7.20. The lowest BCUT2D eigenvalue weighted by atomic mass is 10.1. The standard InChI is InChI=1S/C23H28N2O5S/c26-23(27)24-22(20-11-5-2-6-12-20)18-31(28,29)25-15-13-21(14-16-25)30-17-7-10-19-8-3-1-4-9-19/h1-12,21-22,24H,13-18H2,(H,26,27)/t22-/m0/s1. The van der Waals surface area contributed by atoms with Crippen molar-refractivity contribution in [1.29, 1.82) is 0 Å². The van der Waals surface area contributed by atoms with Crippen molar-refractivity contribution >= 4 is 22.2 Å². The molecule has 2 aromatic carbocycles. The van der Waals surface area contributed by atoms with E-state index in [4.69, 9.17) is 9.84 Å². The fourth-order valence-corrected chi connectivity index (χ4v) is 5.26. The monoisotopic (exact) mass is 444 g/mol. The number of amides is 1. The number of carbonyl (C=O) groups is 1. The number of ether oxygens (including phenoxy) is 1. The zero-order chi connectivity index (χ0) is 22.1. The predicted molar refractivity (Wildman–Crippen MR) is 120 cm³/mol. The quantitative estimate of drug-likeness (QED) is 0.617. The molecule has 2 N–H and O–H groups in total. The number of sulfonamides is 1. The van der Waals surface area contributed by atoms with Gasteiger partial charge in [-0.05, 0) is 24.0 Å². The summed E-state index contributed by atoms with van der Waals surface area (Å²) in [6, 6.07) is 17.9. The van der Waals surface area contributed by atoms with Gasteiger partial charge in [0, 0.05) is 13.1 Å². The summed E-state index contributed by atoms with van der Waals surface area (Å²) in [5, 5.41) is 11.4. The molecule has 0 aliphatic carbocycles. The molecule has 0 saturated carbocycles. The summed E-state index contributed by atoms with van der Waals surface area (Å²) < 4.78 is 33.1. The molecule has 8 heteroatoms. The van der Waals surface area contributed by atoms with Gasteiger partial charge < -0.3 is 15.2 Å². The van der Waals surface area contributed by atoms with Crippen LogP contribution >= 0.6 is 0 Å². The van der Waals surface area contributed by atoms with Crippen molar-refractivity contribution in [3.05, 3.63) is 77.9 Å². The number of hydrogen-bond acceptors (Lipinski definition) is 4. The number of nitrogens with zero attached hydrogens (tertiary/aromatic N) is 1. The maximum Gasteiger partial charge on any atom is 0.405 e. The molecule has 2 aromatic rings. The van der Waals surface area contributed by atoms with Gasteiger partial charge in [-0.1, -0.05) is 72.8 Å². The number of rotatable bonds is 9.